The number of carbonyl (C=O) groups is 2. The molecule has 8 nitrogen and oxygen atoms in total. The second kappa shape index (κ2) is 9.53. The first kappa shape index (κ1) is 22.4. The molecule has 0 aliphatic carbocycles. The van der Waals surface area contributed by atoms with E-state index in [9.17, 15) is 18.0 Å². The van der Waals surface area contributed by atoms with Crippen molar-refractivity contribution in [2.45, 2.75) is 18.7 Å². The summed E-state index contributed by atoms with van der Waals surface area (Å²) in [4.78, 5) is 24.1. The number of ether oxygens (including phenoxy) is 3. The van der Waals surface area contributed by atoms with Gasteiger partial charge in [-0.1, -0.05) is 13.8 Å². The number of methoxy groups -OCH3 is 2. The molecular formula is C20H23NO7S. The zero-order valence-electron chi connectivity index (χ0n) is 16.7. The molecule has 0 radical (unpaired) electrons. The van der Waals surface area contributed by atoms with E-state index in [0.717, 1.165) is 0 Å². The van der Waals surface area contributed by atoms with Gasteiger partial charge in [0.1, 0.15) is 0 Å². The number of hydrogen-bond acceptors (Lipinski definition) is 7. The van der Waals surface area contributed by atoms with Crippen LogP contribution in [0.5, 0.6) is 11.5 Å². The van der Waals surface area contributed by atoms with Gasteiger partial charge in [-0.05, 0) is 42.5 Å². The molecule has 0 atom stereocenters. The van der Waals surface area contributed by atoms with Crippen LogP contribution in [0.2, 0.25) is 0 Å². The summed E-state index contributed by atoms with van der Waals surface area (Å²) < 4.78 is 41.5. The van der Waals surface area contributed by atoms with Gasteiger partial charge in [0.05, 0.1) is 30.2 Å². The van der Waals surface area contributed by atoms with Crippen LogP contribution in [0.1, 0.15) is 34.6 Å². The maximum absolute atomic E-state index is 12.5. The van der Waals surface area contributed by atoms with Crippen molar-refractivity contribution in [2.24, 2.45) is 0 Å². The molecule has 0 unspecified atom stereocenters. The largest absolute Gasteiger partial charge is 0.493 e. The molecule has 9 heteroatoms. The molecular weight excluding hydrogens is 398 g/mol. The Morgan fingerprint density at radius 1 is 0.862 bits per heavy atom. The van der Waals surface area contributed by atoms with Gasteiger partial charge in [-0.3, -0.25) is 0 Å². The van der Waals surface area contributed by atoms with E-state index in [1.54, 1.807) is 13.8 Å². The fourth-order valence-corrected chi connectivity index (χ4v) is 4.09. The van der Waals surface area contributed by atoms with Crippen molar-refractivity contribution in [3.63, 3.8) is 0 Å². The summed E-state index contributed by atoms with van der Waals surface area (Å²) in [7, 11) is -0.979. The summed E-state index contributed by atoms with van der Waals surface area (Å²) in [5.74, 6) is -0.945. The van der Waals surface area contributed by atoms with E-state index in [1.165, 1.54) is 61.0 Å². The number of rotatable bonds is 8. The van der Waals surface area contributed by atoms with Gasteiger partial charge in [-0.15, -0.1) is 0 Å². The molecule has 0 heterocycles. The molecule has 0 saturated heterocycles. The minimum Gasteiger partial charge on any atom is -0.493 e. The third-order valence-corrected chi connectivity index (χ3v) is 6.28. The average molecular weight is 421 g/mol. The fraction of sp³-hybridized carbons (Fsp3) is 0.300. The number of carbonyl (C=O) groups excluding carboxylic acids is 2. The van der Waals surface area contributed by atoms with Crippen LogP contribution < -0.4 is 9.47 Å². The molecule has 0 spiro atoms. The summed E-state index contributed by atoms with van der Waals surface area (Å²) >= 11 is 0. The lowest BCUT2D eigenvalue weighted by Crippen LogP contribution is -2.30. The topological polar surface area (TPSA) is 99.2 Å². The number of benzene rings is 2. The lowest BCUT2D eigenvalue weighted by atomic mass is 10.2. The van der Waals surface area contributed by atoms with E-state index in [-0.39, 0.29) is 27.5 Å². The molecule has 0 fully saturated rings. The Bertz CT molecular complexity index is 980. The van der Waals surface area contributed by atoms with E-state index in [4.69, 9.17) is 9.47 Å². The lowest BCUT2D eigenvalue weighted by Gasteiger charge is -2.18. The first-order chi connectivity index (χ1) is 13.8. The molecule has 2 aromatic rings. The van der Waals surface area contributed by atoms with Crippen LogP contribution >= 0.6 is 0 Å². The molecule has 2 rings (SSSR count). The van der Waals surface area contributed by atoms with E-state index in [2.05, 4.69) is 4.74 Å². The average Bonchev–Trinajstić information content (AvgIpc) is 2.74. The van der Waals surface area contributed by atoms with Gasteiger partial charge in [-0.2, -0.15) is 4.31 Å². The highest BCUT2D eigenvalue weighted by Crippen LogP contribution is 2.29. The molecule has 2 aromatic carbocycles. The summed E-state index contributed by atoms with van der Waals surface area (Å²) in [5, 5.41) is 0. The second-order valence-corrected chi connectivity index (χ2v) is 7.80. The van der Waals surface area contributed by atoms with Gasteiger partial charge in [0.2, 0.25) is 10.0 Å². The molecule has 0 N–H and O–H groups in total. The van der Waals surface area contributed by atoms with Crippen LogP contribution in [0, 0.1) is 0 Å². The predicted octanol–water partition coefficient (Wildman–Crippen LogP) is 2.73. The highest BCUT2D eigenvalue weighted by molar-refractivity contribution is 7.89. The van der Waals surface area contributed by atoms with Crippen LogP contribution in [0.4, 0.5) is 0 Å². The minimum atomic E-state index is -3.61. The van der Waals surface area contributed by atoms with Gasteiger partial charge in [-0.25, -0.2) is 18.0 Å². The normalized spacial score (nSPS) is 11.2. The Morgan fingerprint density at radius 2 is 1.45 bits per heavy atom. The second-order valence-electron chi connectivity index (χ2n) is 5.86. The smallest absolute Gasteiger partial charge is 0.343 e. The van der Waals surface area contributed by atoms with Gasteiger partial charge in [0.15, 0.2) is 11.5 Å². The van der Waals surface area contributed by atoms with E-state index in [1.807, 2.05) is 0 Å². The third-order valence-electron chi connectivity index (χ3n) is 4.22. The van der Waals surface area contributed by atoms with Crippen molar-refractivity contribution >= 4 is 22.0 Å². The molecule has 0 bridgehead atoms. The highest BCUT2D eigenvalue weighted by atomic mass is 32.2. The van der Waals surface area contributed by atoms with Gasteiger partial charge in [0, 0.05) is 13.1 Å². The molecule has 156 valence electrons. The summed E-state index contributed by atoms with van der Waals surface area (Å²) in [6.07, 6.45) is 0. The Kier molecular flexibility index (Phi) is 7.35. The quantitative estimate of drug-likeness (QED) is 0.477. The van der Waals surface area contributed by atoms with Gasteiger partial charge < -0.3 is 14.2 Å². The Morgan fingerprint density at radius 3 is 1.97 bits per heavy atom. The standard InChI is InChI=1S/C20H23NO7S/c1-5-21(6-2)29(24,25)16-10-7-14(8-11-16)20(23)28-17-12-9-15(19(22)27-4)13-18(17)26-3/h7-13H,5-6H2,1-4H3. The van der Waals surface area contributed by atoms with E-state index < -0.39 is 22.0 Å². The summed E-state index contributed by atoms with van der Waals surface area (Å²) in [5.41, 5.74) is 0.415. The first-order valence-electron chi connectivity index (χ1n) is 8.87. The van der Waals surface area contributed by atoms with Gasteiger partial charge in [0.25, 0.3) is 0 Å². The summed E-state index contributed by atoms with van der Waals surface area (Å²) in [6, 6.07) is 9.75. The van der Waals surface area contributed by atoms with Crippen molar-refractivity contribution in [3.05, 3.63) is 53.6 Å². The van der Waals surface area contributed by atoms with Gasteiger partial charge >= 0.3 is 11.9 Å². The molecule has 0 aromatic heterocycles. The number of hydrogen-bond donors (Lipinski definition) is 0. The van der Waals surface area contributed by atoms with Crippen molar-refractivity contribution in [2.75, 3.05) is 27.3 Å². The number of nitrogens with zero attached hydrogens (tertiary/aromatic N) is 1. The molecule has 29 heavy (non-hydrogen) atoms. The van der Waals surface area contributed by atoms with Crippen LogP contribution in [0.15, 0.2) is 47.4 Å². The SMILES string of the molecule is CCN(CC)S(=O)(=O)c1ccc(C(=O)Oc2ccc(C(=O)OC)cc2OC)cc1. The van der Waals surface area contributed by atoms with Crippen LogP contribution in [0.25, 0.3) is 0 Å². The molecule has 0 saturated carbocycles. The number of esters is 2. The highest BCUT2D eigenvalue weighted by Gasteiger charge is 2.22. The van der Waals surface area contributed by atoms with E-state index in [0.29, 0.717) is 13.1 Å². The van der Waals surface area contributed by atoms with Crippen LogP contribution in [-0.4, -0.2) is 52.0 Å². The first-order valence-corrected chi connectivity index (χ1v) is 10.3. The zero-order chi connectivity index (χ0) is 21.6. The Hall–Kier alpha value is -2.91. The van der Waals surface area contributed by atoms with Crippen LogP contribution in [0.3, 0.4) is 0 Å². The summed E-state index contributed by atoms with van der Waals surface area (Å²) in [6.45, 7) is 4.21. The maximum Gasteiger partial charge on any atom is 0.343 e. The predicted molar refractivity (Wildman–Crippen MR) is 106 cm³/mol. The number of sulfonamides is 1. The monoisotopic (exact) mass is 421 g/mol. The minimum absolute atomic E-state index is 0.0951. The third kappa shape index (κ3) is 4.93. The molecule has 0 amide bonds. The van der Waals surface area contributed by atoms with Crippen molar-refractivity contribution < 1.29 is 32.2 Å². The Labute approximate surface area is 170 Å². The molecule has 0 aliphatic heterocycles. The van der Waals surface area contributed by atoms with Crippen molar-refractivity contribution in [1.29, 1.82) is 0 Å². The van der Waals surface area contributed by atoms with Crippen LogP contribution in [-0.2, 0) is 14.8 Å². The fourth-order valence-electron chi connectivity index (χ4n) is 2.63. The van der Waals surface area contributed by atoms with E-state index >= 15 is 0 Å². The Balaban J connectivity index is 2.23. The van der Waals surface area contributed by atoms with Crippen molar-refractivity contribution in [1.82, 2.24) is 4.31 Å². The molecule has 0 aliphatic rings. The van der Waals surface area contributed by atoms with Crippen molar-refractivity contribution in [3.8, 4) is 11.5 Å². The maximum atomic E-state index is 12.5. The zero-order valence-corrected chi connectivity index (χ0v) is 17.5. The lowest BCUT2D eigenvalue weighted by molar-refractivity contribution is 0.0600.